The third-order valence-electron chi connectivity index (χ3n) is 3.28. The molecule has 18 heavy (non-hydrogen) atoms. The summed E-state index contributed by atoms with van der Waals surface area (Å²) >= 11 is 0. The van der Waals surface area contributed by atoms with Gasteiger partial charge in [0, 0.05) is 13.7 Å². The Balaban J connectivity index is 1.66. The van der Waals surface area contributed by atoms with Crippen molar-refractivity contribution >= 4 is 0 Å². The van der Waals surface area contributed by atoms with Crippen LogP contribution in [0, 0.1) is 0 Å². The van der Waals surface area contributed by atoms with E-state index in [4.69, 9.17) is 18.7 Å². The van der Waals surface area contributed by atoms with Crippen molar-refractivity contribution < 1.29 is 18.7 Å². The molecule has 2 saturated heterocycles. The zero-order valence-corrected chi connectivity index (χ0v) is 10.3. The Bertz CT molecular complexity index is 391. The molecule has 2 aliphatic heterocycles. The van der Waals surface area contributed by atoms with Crippen LogP contribution < -0.4 is 5.32 Å². The zero-order chi connectivity index (χ0) is 12.4. The van der Waals surface area contributed by atoms with E-state index in [0.717, 1.165) is 13.0 Å². The summed E-state index contributed by atoms with van der Waals surface area (Å²) in [6, 6.07) is 0.0701. The normalized spacial score (nSPS) is 32.8. The molecule has 2 fully saturated rings. The maximum atomic E-state index is 5.53. The van der Waals surface area contributed by atoms with Crippen LogP contribution in [-0.4, -0.2) is 49.7 Å². The van der Waals surface area contributed by atoms with Crippen LogP contribution in [0.1, 0.15) is 30.3 Å². The van der Waals surface area contributed by atoms with Crippen LogP contribution in [0.15, 0.2) is 4.52 Å². The Kier molecular flexibility index (Phi) is 3.55. The molecule has 0 amide bonds. The first-order valence-electron chi connectivity index (χ1n) is 6.16. The number of nitrogens with one attached hydrogen (secondary N) is 1. The summed E-state index contributed by atoms with van der Waals surface area (Å²) in [6.45, 7) is 2.49. The maximum Gasteiger partial charge on any atom is 0.243 e. The first kappa shape index (κ1) is 12.0. The average Bonchev–Trinajstić information content (AvgIpc) is 3.08. The van der Waals surface area contributed by atoms with Gasteiger partial charge in [0.1, 0.15) is 6.10 Å². The second-order valence-corrected chi connectivity index (χ2v) is 4.48. The highest BCUT2D eigenvalue weighted by Crippen LogP contribution is 2.25. The molecule has 0 spiro atoms. The Labute approximate surface area is 105 Å². The summed E-state index contributed by atoms with van der Waals surface area (Å²) in [4.78, 5) is 4.38. The van der Waals surface area contributed by atoms with Gasteiger partial charge in [-0.3, -0.25) is 0 Å². The lowest BCUT2D eigenvalue weighted by atomic mass is 10.2. The lowest BCUT2D eigenvalue weighted by Gasteiger charge is -2.19. The van der Waals surface area contributed by atoms with E-state index in [1.54, 1.807) is 7.11 Å². The molecule has 3 rings (SSSR count). The van der Waals surface area contributed by atoms with Crippen LogP contribution in [0.5, 0.6) is 0 Å². The van der Waals surface area contributed by atoms with E-state index in [1.807, 2.05) is 0 Å². The standard InChI is InChI=1S/C11H17N3O4/c1-15-7-4-8(12-5-7)11-13-10(14-18-11)9-6-16-2-3-17-9/h7-9,12H,2-6H2,1H3. The molecule has 0 radical (unpaired) electrons. The van der Waals surface area contributed by atoms with Gasteiger partial charge in [0.25, 0.3) is 0 Å². The average molecular weight is 255 g/mol. The number of rotatable bonds is 3. The number of nitrogens with zero attached hydrogens (tertiary/aromatic N) is 2. The summed E-state index contributed by atoms with van der Waals surface area (Å²) in [5.41, 5.74) is 0. The minimum absolute atomic E-state index is 0.0701. The molecule has 7 heteroatoms. The summed E-state index contributed by atoms with van der Waals surface area (Å²) in [5.74, 6) is 1.16. The first-order chi connectivity index (χ1) is 8.86. The van der Waals surface area contributed by atoms with E-state index < -0.39 is 0 Å². The summed E-state index contributed by atoms with van der Waals surface area (Å²) in [7, 11) is 1.71. The Hall–Kier alpha value is -1.02. The topological polar surface area (TPSA) is 78.6 Å². The van der Waals surface area contributed by atoms with Gasteiger partial charge in [0.05, 0.1) is 32.0 Å². The molecule has 3 heterocycles. The molecule has 7 nitrogen and oxygen atoms in total. The van der Waals surface area contributed by atoms with Crippen LogP contribution >= 0.6 is 0 Å². The summed E-state index contributed by atoms with van der Waals surface area (Å²) < 4.78 is 21.4. The second kappa shape index (κ2) is 5.31. The fraction of sp³-hybridized carbons (Fsp3) is 0.818. The number of hydrogen-bond acceptors (Lipinski definition) is 7. The van der Waals surface area contributed by atoms with Gasteiger partial charge in [-0.15, -0.1) is 0 Å². The van der Waals surface area contributed by atoms with Crippen molar-refractivity contribution in [2.45, 2.75) is 24.7 Å². The number of aromatic nitrogens is 2. The van der Waals surface area contributed by atoms with Crippen molar-refractivity contribution in [1.82, 2.24) is 15.5 Å². The van der Waals surface area contributed by atoms with E-state index in [9.17, 15) is 0 Å². The molecule has 1 aromatic rings. The van der Waals surface area contributed by atoms with Gasteiger partial charge in [-0.2, -0.15) is 4.98 Å². The van der Waals surface area contributed by atoms with Gasteiger partial charge in [0.2, 0.25) is 11.7 Å². The van der Waals surface area contributed by atoms with Crippen molar-refractivity contribution in [3.8, 4) is 0 Å². The molecule has 0 bridgehead atoms. The summed E-state index contributed by atoms with van der Waals surface area (Å²) in [6.07, 6.45) is 0.843. The van der Waals surface area contributed by atoms with Gasteiger partial charge in [-0.1, -0.05) is 5.16 Å². The van der Waals surface area contributed by atoms with Gasteiger partial charge >= 0.3 is 0 Å². The third-order valence-corrected chi connectivity index (χ3v) is 3.28. The van der Waals surface area contributed by atoms with Gasteiger partial charge < -0.3 is 24.1 Å². The molecule has 0 aliphatic carbocycles. The van der Waals surface area contributed by atoms with E-state index >= 15 is 0 Å². The molecule has 0 aromatic carbocycles. The van der Waals surface area contributed by atoms with Crippen LogP contribution in [0.3, 0.4) is 0 Å². The lowest BCUT2D eigenvalue weighted by molar-refractivity contribution is -0.0941. The maximum absolute atomic E-state index is 5.53. The monoisotopic (exact) mass is 255 g/mol. The van der Waals surface area contributed by atoms with E-state index in [-0.39, 0.29) is 18.2 Å². The number of ether oxygens (including phenoxy) is 3. The van der Waals surface area contributed by atoms with Crippen LogP contribution in [0.25, 0.3) is 0 Å². The molecular weight excluding hydrogens is 238 g/mol. The lowest BCUT2D eigenvalue weighted by Crippen LogP contribution is -2.23. The van der Waals surface area contributed by atoms with Gasteiger partial charge in [-0.05, 0) is 6.42 Å². The molecule has 0 saturated carbocycles. The van der Waals surface area contributed by atoms with Crippen molar-refractivity contribution in [3.05, 3.63) is 11.7 Å². The highest BCUT2D eigenvalue weighted by atomic mass is 16.6. The number of methoxy groups -OCH3 is 1. The molecule has 3 unspecified atom stereocenters. The SMILES string of the molecule is COC1CNC(c2nc(C3COCCO3)no2)C1. The predicted octanol–water partition coefficient (Wildman–Crippen LogP) is 0.207. The van der Waals surface area contributed by atoms with E-state index in [2.05, 4.69) is 15.5 Å². The fourth-order valence-electron chi connectivity index (χ4n) is 2.23. The molecule has 100 valence electrons. The van der Waals surface area contributed by atoms with Crippen molar-refractivity contribution in [3.63, 3.8) is 0 Å². The molecule has 1 aromatic heterocycles. The summed E-state index contributed by atoms with van der Waals surface area (Å²) in [5, 5.41) is 7.26. The highest BCUT2D eigenvalue weighted by molar-refractivity contribution is 5.00. The Morgan fingerprint density at radius 3 is 3.06 bits per heavy atom. The van der Waals surface area contributed by atoms with E-state index in [1.165, 1.54) is 0 Å². The molecule has 1 N–H and O–H groups in total. The van der Waals surface area contributed by atoms with Crippen LogP contribution in [0.2, 0.25) is 0 Å². The molecule has 3 atom stereocenters. The van der Waals surface area contributed by atoms with Crippen molar-refractivity contribution in [2.24, 2.45) is 0 Å². The minimum atomic E-state index is -0.212. The zero-order valence-electron chi connectivity index (χ0n) is 10.3. The third kappa shape index (κ3) is 2.39. The number of hydrogen-bond donors (Lipinski definition) is 1. The largest absolute Gasteiger partial charge is 0.380 e. The van der Waals surface area contributed by atoms with Gasteiger partial charge in [-0.25, -0.2) is 0 Å². The van der Waals surface area contributed by atoms with Crippen molar-refractivity contribution in [2.75, 3.05) is 33.5 Å². The predicted molar refractivity (Wildman–Crippen MR) is 60.0 cm³/mol. The Morgan fingerprint density at radius 1 is 1.39 bits per heavy atom. The van der Waals surface area contributed by atoms with Crippen LogP contribution in [0.4, 0.5) is 0 Å². The smallest absolute Gasteiger partial charge is 0.243 e. The Morgan fingerprint density at radius 2 is 2.33 bits per heavy atom. The van der Waals surface area contributed by atoms with Crippen LogP contribution in [-0.2, 0) is 14.2 Å². The second-order valence-electron chi connectivity index (χ2n) is 4.48. The molecule has 2 aliphatic rings. The van der Waals surface area contributed by atoms with E-state index in [0.29, 0.717) is 31.5 Å². The quantitative estimate of drug-likeness (QED) is 0.826. The fourth-order valence-corrected chi connectivity index (χ4v) is 2.23. The highest BCUT2D eigenvalue weighted by Gasteiger charge is 2.31. The van der Waals surface area contributed by atoms with Gasteiger partial charge in [0.15, 0.2) is 0 Å². The first-order valence-corrected chi connectivity index (χ1v) is 6.16. The van der Waals surface area contributed by atoms with Crippen molar-refractivity contribution in [1.29, 1.82) is 0 Å². The molecular formula is C11H17N3O4. The minimum Gasteiger partial charge on any atom is -0.380 e.